The number of anilines is 1. The molecule has 0 bridgehead atoms. The fourth-order valence-electron chi connectivity index (χ4n) is 6.93. The standard InChI is InChI=1S/C34H22Cl3NO3/c1-18-6-8-19(9-7-18)31(39)30-29(25-13-11-22(36)17-26(25)37)34(32(40)23-4-2-3-5-24(23)33(34)41)28-15-10-20-16-21(35)12-14-27(20)38(28)30/h2-17,28-30H,1H3/t28-,29+,30+/m1/s1. The Balaban J connectivity index is 1.56. The zero-order valence-corrected chi connectivity index (χ0v) is 24.0. The van der Waals surface area contributed by atoms with Crippen LogP contribution in [-0.2, 0) is 0 Å². The lowest BCUT2D eigenvalue weighted by atomic mass is 9.64. The minimum absolute atomic E-state index is 0.212. The van der Waals surface area contributed by atoms with Gasteiger partial charge in [-0.1, -0.05) is 107 Å². The number of hydrogen-bond donors (Lipinski definition) is 0. The van der Waals surface area contributed by atoms with Gasteiger partial charge in [0.05, 0.1) is 6.04 Å². The molecule has 1 spiro atoms. The fraction of sp³-hybridized carbons (Fsp3) is 0.147. The normalized spacial score (nSPS) is 21.7. The van der Waals surface area contributed by atoms with Crippen LogP contribution in [0.3, 0.4) is 0 Å². The summed E-state index contributed by atoms with van der Waals surface area (Å²) in [5, 5.41) is 1.25. The van der Waals surface area contributed by atoms with Crippen molar-refractivity contribution >= 4 is 63.9 Å². The summed E-state index contributed by atoms with van der Waals surface area (Å²) in [7, 11) is 0. The van der Waals surface area contributed by atoms with Crippen LogP contribution >= 0.6 is 34.8 Å². The molecule has 7 heteroatoms. The third-order valence-electron chi connectivity index (χ3n) is 8.67. The van der Waals surface area contributed by atoms with Gasteiger partial charge in [-0.25, -0.2) is 0 Å². The summed E-state index contributed by atoms with van der Waals surface area (Å²) in [6.07, 6.45) is 3.74. The smallest absolute Gasteiger partial charge is 0.185 e. The van der Waals surface area contributed by atoms with Gasteiger partial charge in [-0.15, -0.1) is 0 Å². The Morgan fingerprint density at radius 1 is 0.805 bits per heavy atom. The molecule has 2 heterocycles. The van der Waals surface area contributed by atoms with E-state index in [4.69, 9.17) is 34.8 Å². The Bertz CT molecular complexity index is 1790. The third-order valence-corrected chi connectivity index (χ3v) is 9.47. The van der Waals surface area contributed by atoms with Crippen molar-refractivity contribution in [1.82, 2.24) is 0 Å². The molecule has 0 amide bonds. The van der Waals surface area contributed by atoms with Crippen molar-refractivity contribution in [1.29, 1.82) is 0 Å². The first kappa shape index (κ1) is 26.2. The van der Waals surface area contributed by atoms with E-state index in [0.29, 0.717) is 37.3 Å². The minimum atomic E-state index is -1.64. The van der Waals surface area contributed by atoms with Gasteiger partial charge in [0.2, 0.25) is 0 Å². The predicted molar refractivity (Wildman–Crippen MR) is 163 cm³/mol. The Hall–Kier alpha value is -3.70. The molecule has 7 rings (SSSR count). The van der Waals surface area contributed by atoms with Gasteiger partial charge >= 0.3 is 0 Å². The lowest BCUT2D eigenvalue weighted by Gasteiger charge is -2.37. The molecule has 0 saturated carbocycles. The van der Waals surface area contributed by atoms with Crippen molar-refractivity contribution in [2.75, 3.05) is 4.90 Å². The van der Waals surface area contributed by atoms with Crippen LogP contribution in [0.2, 0.25) is 15.1 Å². The van der Waals surface area contributed by atoms with Crippen LogP contribution in [0.4, 0.5) is 5.69 Å². The molecular formula is C34H22Cl3NO3. The molecule has 1 aliphatic carbocycles. The van der Waals surface area contributed by atoms with E-state index in [0.717, 1.165) is 16.8 Å². The van der Waals surface area contributed by atoms with Gasteiger partial charge in [-0.2, -0.15) is 0 Å². The molecule has 41 heavy (non-hydrogen) atoms. The van der Waals surface area contributed by atoms with Gasteiger partial charge in [0, 0.05) is 43.4 Å². The van der Waals surface area contributed by atoms with Gasteiger partial charge in [0.25, 0.3) is 0 Å². The molecule has 2 aliphatic heterocycles. The van der Waals surface area contributed by atoms with E-state index >= 15 is 0 Å². The highest BCUT2D eigenvalue weighted by Crippen LogP contribution is 2.61. The highest BCUT2D eigenvalue weighted by molar-refractivity contribution is 6.36. The molecule has 0 N–H and O–H groups in total. The Morgan fingerprint density at radius 2 is 1.44 bits per heavy atom. The highest BCUT2D eigenvalue weighted by Gasteiger charge is 2.71. The van der Waals surface area contributed by atoms with Gasteiger partial charge in [-0.3, -0.25) is 14.4 Å². The number of carbonyl (C=O) groups is 3. The summed E-state index contributed by atoms with van der Waals surface area (Å²) in [6, 6.07) is 23.0. The summed E-state index contributed by atoms with van der Waals surface area (Å²) < 4.78 is 0. The number of fused-ring (bicyclic) bond motifs is 5. The number of aryl methyl sites for hydroxylation is 1. The molecule has 1 fully saturated rings. The molecule has 3 aliphatic rings. The molecule has 0 radical (unpaired) electrons. The highest BCUT2D eigenvalue weighted by atomic mass is 35.5. The van der Waals surface area contributed by atoms with Gasteiger partial charge in [0.1, 0.15) is 11.5 Å². The van der Waals surface area contributed by atoms with Crippen LogP contribution in [0, 0.1) is 12.3 Å². The fourth-order valence-corrected chi connectivity index (χ4v) is 7.64. The molecule has 0 unspecified atom stereocenters. The Labute approximate surface area is 252 Å². The van der Waals surface area contributed by atoms with Crippen molar-refractivity contribution in [3.8, 4) is 0 Å². The van der Waals surface area contributed by atoms with Crippen molar-refractivity contribution in [3.63, 3.8) is 0 Å². The average molecular weight is 599 g/mol. The first-order chi connectivity index (χ1) is 19.7. The largest absolute Gasteiger partial charge is 0.352 e. The molecule has 1 saturated heterocycles. The number of hydrogen-bond acceptors (Lipinski definition) is 4. The summed E-state index contributed by atoms with van der Waals surface area (Å²) in [6.45, 7) is 1.95. The number of carbonyl (C=O) groups excluding carboxylic acids is 3. The third kappa shape index (κ3) is 3.64. The van der Waals surface area contributed by atoms with E-state index in [9.17, 15) is 14.4 Å². The molecule has 4 nitrogen and oxygen atoms in total. The first-order valence-corrected chi connectivity index (χ1v) is 14.4. The monoisotopic (exact) mass is 597 g/mol. The predicted octanol–water partition coefficient (Wildman–Crippen LogP) is 8.27. The van der Waals surface area contributed by atoms with Crippen LogP contribution in [0.5, 0.6) is 0 Å². The van der Waals surface area contributed by atoms with Crippen LogP contribution in [-0.4, -0.2) is 29.4 Å². The van der Waals surface area contributed by atoms with E-state index in [1.54, 1.807) is 60.7 Å². The van der Waals surface area contributed by atoms with Crippen LogP contribution in [0.25, 0.3) is 6.08 Å². The zero-order valence-electron chi connectivity index (χ0n) is 21.8. The summed E-state index contributed by atoms with van der Waals surface area (Å²) in [5.41, 5.74) is 2.59. The maximum atomic E-state index is 14.7. The van der Waals surface area contributed by atoms with Crippen molar-refractivity contribution in [2.24, 2.45) is 5.41 Å². The quantitative estimate of drug-likeness (QED) is 0.176. The summed E-state index contributed by atoms with van der Waals surface area (Å²) >= 11 is 19.5. The van der Waals surface area contributed by atoms with E-state index in [1.165, 1.54) is 0 Å². The van der Waals surface area contributed by atoms with E-state index in [2.05, 4.69) is 0 Å². The average Bonchev–Trinajstić information content (AvgIpc) is 3.39. The number of ketones is 3. The number of Topliss-reactive ketones (excluding diaryl/α,β-unsaturated/α-hetero) is 3. The molecule has 4 aromatic rings. The maximum absolute atomic E-state index is 14.7. The number of halogens is 3. The number of benzene rings is 4. The first-order valence-electron chi connectivity index (χ1n) is 13.2. The topological polar surface area (TPSA) is 54.5 Å². The molecule has 3 atom stereocenters. The number of rotatable bonds is 3. The molecule has 202 valence electrons. The second-order valence-electron chi connectivity index (χ2n) is 10.8. The molecule has 0 aromatic heterocycles. The van der Waals surface area contributed by atoms with Gasteiger partial charge < -0.3 is 4.90 Å². The van der Waals surface area contributed by atoms with Crippen LogP contribution in [0.1, 0.15) is 53.7 Å². The van der Waals surface area contributed by atoms with Crippen LogP contribution in [0.15, 0.2) is 91.0 Å². The summed E-state index contributed by atoms with van der Waals surface area (Å²) in [4.78, 5) is 46.0. The minimum Gasteiger partial charge on any atom is -0.352 e. The van der Waals surface area contributed by atoms with E-state index < -0.39 is 23.4 Å². The summed E-state index contributed by atoms with van der Waals surface area (Å²) in [5.74, 6) is -1.75. The lowest BCUT2D eigenvalue weighted by Crippen LogP contribution is -2.48. The maximum Gasteiger partial charge on any atom is 0.185 e. The second kappa shape index (κ2) is 9.42. The van der Waals surface area contributed by atoms with Crippen LogP contribution < -0.4 is 4.90 Å². The second-order valence-corrected chi connectivity index (χ2v) is 12.1. The van der Waals surface area contributed by atoms with E-state index in [-0.39, 0.29) is 17.3 Å². The molecular weight excluding hydrogens is 577 g/mol. The van der Waals surface area contributed by atoms with Crippen molar-refractivity contribution in [3.05, 3.63) is 139 Å². The Kier molecular flexibility index (Phi) is 6.02. The number of nitrogens with zero attached hydrogens (tertiary/aromatic N) is 1. The molecule has 4 aromatic carbocycles. The lowest BCUT2D eigenvalue weighted by molar-refractivity contribution is 0.0666. The van der Waals surface area contributed by atoms with Crippen molar-refractivity contribution < 1.29 is 14.4 Å². The zero-order chi connectivity index (χ0) is 28.6. The van der Waals surface area contributed by atoms with E-state index in [1.807, 2.05) is 48.2 Å². The van der Waals surface area contributed by atoms with Gasteiger partial charge in [-0.05, 0) is 48.4 Å². The van der Waals surface area contributed by atoms with Crippen molar-refractivity contribution in [2.45, 2.75) is 24.9 Å². The SMILES string of the molecule is Cc1ccc(C(=O)[C@@H]2[C@H](c3ccc(Cl)cc3Cl)C3(C(=O)c4ccccc4C3=O)[C@H]3C=Cc4cc(Cl)ccc4N23)cc1. The Morgan fingerprint density at radius 3 is 2.10 bits per heavy atom. The van der Waals surface area contributed by atoms with Gasteiger partial charge in [0.15, 0.2) is 17.3 Å².